The van der Waals surface area contributed by atoms with E-state index in [2.05, 4.69) is 65.8 Å². The third-order valence-corrected chi connectivity index (χ3v) is 0.655. The lowest BCUT2D eigenvalue weighted by Crippen LogP contribution is -1.37. The van der Waals surface area contributed by atoms with Gasteiger partial charge in [-0.25, -0.2) is 0 Å². The minimum absolute atomic E-state index is 0. The summed E-state index contributed by atoms with van der Waals surface area (Å²) in [5.74, 6) is 0. The van der Waals surface area contributed by atoms with Gasteiger partial charge in [0.1, 0.15) is 0 Å². The van der Waals surface area contributed by atoms with Crippen molar-refractivity contribution in [2.45, 2.75) is 116 Å². The molecule has 140 valence electrons. The number of hydrogen-bond acceptors (Lipinski definition) is 0. The summed E-state index contributed by atoms with van der Waals surface area (Å²) in [4.78, 5) is 0. The van der Waals surface area contributed by atoms with Crippen molar-refractivity contribution in [1.29, 1.82) is 0 Å². The molecule has 0 amide bonds. The molecule has 0 N–H and O–H groups in total. The van der Waals surface area contributed by atoms with Crippen LogP contribution in [0.15, 0.2) is 24.3 Å². The first kappa shape index (κ1) is 42.8. The molecular formula is C21H56. The van der Waals surface area contributed by atoms with E-state index in [0.717, 1.165) is 6.42 Å². The summed E-state index contributed by atoms with van der Waals surface area (Å²) < 4.78 is 0. The maximum atomic E-state index is 2.12. The van der Waals surface area contributed by atoms with Crippen LogP contribution in [0.5, 0.6) is 0 Å². The van der Waals surface area contributed by atoms with E-state index in [1.54, 1.807) is 0 Å². The molecule has 0 bridgehead atoms. The van der Waals surface area contributed by atoms with Crippen molar-refractivity contribution in [3.05, 3.63) is 24.3 Å². The minimum atomic E-state index is 0. The summed E-state index contributed by atoms with van der Waals surface area (Å²) in [5, 5.41) is 0. The molecule has 0 unspecified atom stereocenters. The van der Waals surface area contributed by atoms with Crippen LogP contribution in [0.2, 0.25) is 0 Å². The van der Waals surface area contributed by atoms with Crippen molar-refractivity contribution in [2.75, 3.05) is 0 Å². The molecule has 1 aliphatic rings. The van der Waals surface area contributed by atoms with E-state index in [4.69, 9.17) is 0 Å². The molecule has 0 aliphatic heterocycles. The van der Waals surface area contributed by atoms with E-state index in [9.17, 15) is 0 Å². The molecule has 0 spiro atoms. The number of allylic oxidation sites excluding steroid dienone is 4. The van der Waals surface area contributed by atoms with Gasteiger partial charge in [-0.15, -0.1) is 0 Å². The Balaban J connectivity index is -0.0000000144. The second kappa shape index (κ2) is 119. The van der Waals surface area contributed by atoms with Crippen molar-refractivity contribution in [2.24, 2.45) is 0 Å². The van der Waals surface area contributed by atoms with Gasteiger partial charge in [-0.1, -0.05) is 134 Å². The van der Waals surface area contributed by atoms with E-state index in [0.29, 0.717) is 0 Å². The molecule has 0 atom stereocenters. The van der Waals surface area contributed by atoms with Crippen LogP contribution < -0.4 is 0 Å². The first-order chi connectivity index (χ1) is 9.74. The smallest absolute Gasteiger partial charge is 0 e. The minimum Gasteiger partial charge on any atom is -0.0808 e. The monoisotopic (exact) mass is 310 g/mol. The molecule has 0 nitrogen and oxygen atoms in total. The van der Waals surface area contributed by atoms with E-state index >= 15 is 0 Å². The van der Waals surface area contributed by atoms with Crippen molar-refractivity contribution in [3.63, 3.8) is 0 Å². The van der Waals surface area contributed by atoms with Gasteiger partial charge in [0, 0.05) is 2.85 Å². The molecule has 0 aromatic rings. The molecule has 0 saturated carbocycles. The Kier molecular flexibility index (Phi) is 242. The van der Waals surface area contributed by atoms with Crippen molar-refractivity contribution in [1.82, 2.24) is 0 Å². The van der Waals surface area contributed by atoms with Crippen LogP contribution in [0.1, 0.15) is 119 Å². The molecule has 0 aromatic heterocycles. The largest absolute Gasteiger partial charge is 0.0808 e. The van der Waals surface area contributed by atoms with Crippen LogP contribution in [-0.4, -0.2) is 0 Å². The molecule has 0 saturated heterocycles. The lowest BCUT2D eigenvalue weighted by Gasteiger charge is -1.57. The fourth-order valence-corrected chi connectivity index (χ4v) is 0.393. The molecule has 1 aliphatic carbocycles. The third kappa shape index (κ3) is 297. The standard InChI is InChI=1S/C5H6.3C3H8.3C2H6.CH4.2H2/c1-2-4-5-3-1;3*1-3-2;3*1-2;;;/h1-4H,5H2;3*3H2,1-2H3;3*1-2H3;1H4;2*1H/i;;;;;;;;2*1+1. The van der Waals surface area contributed by atoms with Crippen molar-refractivity contribution in [3.8, 4) is 0 Å². The Labute approximate surface area is 144 Å². The Morgan fingerprint density at radius 1 is 0.571 bits per heavy atom. The van der Waals surface area contributed by atoms with E-state index in [1.165, 1.54) is 19.3 Å². The van der Waals surface area contributed by atoms with Crippen LogP contribution in [-0.2, 0) is 0 Å². The van der Waals surface area contributed by atoms with Crippen molar-refractivity contribution >= 4 is 0 Å². The van der Waals surface area contributed by atoms with E-state index in [1.807, 2.05) is 41.5 Å². The lowest BCUT2D eigenvalue weighted by atomic mass is 10.5. The molecule has 0 fully saturated rings. The van der Waals surface area contributed by atoms with Gasteiger partial charge in [0.05, 0.1) is 0 Å². The van der Waals surface area contributed by atoms with Crippen LogP contribution in [0.3, 0.4) is 0 Å². The maximum absolute atomic E-state index is 2.12. The fourth-order valence-electron chi connectivity index (χ4n) is 0.393. The Hall–Kier alpha value is -0.520. The molecule has 0 heteroatoms. The third-order valence-electron chi connectivity index (χ3n) is 0.655. The number of rotatable bonds is 0. The lowest BCUT2D eigenvalue weighted by molar-refractivity contribution is 1.09. The van der Waals surface area contributed by atoms with Gasteiger partial charge in [-0.05, 0) is 6.42 Å². The number of hydrogen-bond donors (Lipinski definition) is 0. The second-order valence-electron chi connectivity index (χ2n) is 3.21. The summed E-state index contributed by atoms with van der Waals surface area (Å²) in [6.07, 6.45) is 13.2. The van der Waals surface area contributed by atoms with E-state index in [-0.39, 0.29) is 10.3 Å². The Morgan fingerprint density at radius 3 is 0.762 bits per heavy atom. The highest BCUT2D eigenvalue weighted by Gasteiger charge is 1.72. The summed E-state index contributed by atoms with van der Waals surface area (Å²) >= 11 is 0. The molecule has 1 rings (SSSR count). The Morgan fingerprint density at radius 2 is 0.714 bits per heavy atom. The topological polar surface area (TPSA) is 0 Å². The molecule has 21 heavy (non-hydrogen) atoms. The van der Waals surface area contributed by atoms with Crippen LogP contribution in [0, 0.1) is 0 Å². The first-order valence-electron chi connectivity index (χ1n) is 9.06. The maximum Gasteiger partial charge on any atom is 0 e. The average Bonchev–Trinajstić information content (AvgIpc) is 3.07. The summed E-state index contributed by atoms with van der Waals surface area (Å²) in [5.41, 5.74) is 0. The van der Waals surface area contributed by atoms with Gasteiger partial charge < -0.3 is 0 Å². The highest BCUT2D eigenvalue weighted by atomic mass is 13.8. The second-order valence-corrected chi connectivity index (χ2v) is 3.21. The van der Waals surface area contributed by atoms with Gasteiger partial charge in [0.15, 0.2) is 0 Å². The van der Waals surface area contributed by atoms with Gasteiger partial charge in [-0.2, -0.15) is 0 Å². The van der Waals surface area contributed by atoms with Gasteiger partial charge >= 0.3 is 0 Å². The van der Waals surface area contributed by atoms with Crippen LogP contribution in [0.25, 0.3) is 0 Å². The van der Waals surface area contributed by atoms with Crippen LogP contribution in [0.4, 0.5) is 0 Å². The predicted molar refractivity (Wildman–Crippen MR) is 116 cm³/mol. The summed E-state index contributed by atoms with van der Waals surface area (Å²) in [6.45, 7) is 24.8. The van der Waals surface area contributed by atoms with Gasteiger partial charge in [0.2, 0.25) is 0 Å². The molecule has 0 aromatic carbocycles. The summed E-state index contributed by atoms with van der Waals surface area (Å²) in [7, 11) is 0. The SMILES string of the molecule is C.C1=CCC=C1.CC.CC.CC.CCC.CCC.CCC.[2HH].[2HH]. The Bertz CT molecular complexity index is 93.7. The highest BCUT2D eigenvalue weighted by molar-refractivity contribution is 5.11. The first-order valence-corrected chi connectivity index (χ1v) is 9.06. The zero-order chi connectivity index (χ0) is 17.7. The normalized spacial score (nSPS) is 7.62. The molecule has 0 radical (unpaired) electrons. The summed E-state index contributed by atoms with van der Waals surface area (Å²) in [6, 6.07) is 0. The zero-order valence-corrected chi connectivity index (χ0v) is 17.1. The van der Waals surface area contributed by atoms with Crippen molar-refractivity contribution < 1.29 is 2.85 Å². The quantitative estimate of drug-likeness (QED) is 0.417. The average molecular weight is 311 g/mol. The molecule has 0 heterocycles. The molecular weight excluding hydrogens is 252 g/mol. The predicted octanol–water partition coefficient (Wildman–Crippen LogP) is 9.96. The van der Waals surface area contributed by atoms with E-state index < -0.39 is 0 Å². The van der Waals surface area contributed by atoms with Crippen LogP contribution >= 0.6 is 0 Å². The van der Waals surface area contributed by atoms with Gasteiger partial charge in [0.25, 0.3) is 0 Å². The van der Waals surface area contributed by atoms with Gasteiger partial charge in [-0.3, -0.25) is 0 Å². The fraction of sp³-hybridized carbons (Fsp3) is 0.810. The highest BCUT2D eigenvalue weighted by Crippen LogP contribution is 1.93. The zero-order valence-electron chi connectivity index (χ0n) is 17.1.